The van der Waals surface area contributed by atoms with Crippen molar-refractivity contribution < 1.29 is 14.7 Å². The molecule has 11 heteroatoms. The molecule has 2 saturated carbocycles. The van der Waals surface area contributed by atoms with Crippen LogP contribution >= 0.6 is 11.6 Å². The molecule has 2 aliphatic carbocycles. The number of carbonyl (C=O) groups is 2. The van der Waals surface area contributed by atoms with E-state index >= 15 is 0 Å². The van der Waals surface area contributed by atoms with Crippen LogP contribution in [-0.4, -0.2) is 55.5 Å². The monoisotopic (exact) mass is 531 g/mol. The van der Waals surface area contributed by atoms with Gasteiger partial charge in [-0.15, -0.1) is 0 Å². The van der Waals surface area contributed by atoms with Crippen LogP contribution in [0.2, 0.25) is 5.02 Å². The van der Waals surface area contributed by atoms with Gasteiger partial charge in [0.05, 0.1) is 23.1 Å². The molecule has 0 saturated heterocycles. The lowest BCUT2D eigenvalue weighted by Crippen LogP contribution is -2.40. The van der Waals surface area contributed by atoms with Crippen LogP contribution in [0.25, 0.3) is 11.3 Å². The maximum Gasteiger partial charge on any atom is 0.404 e. The first-order valence-electron chi connectivity index (χ1n) is 13.5. The summed E-state index contributed by atoms with van der Waals surface area (Å²) in [7, 11) is 1.97. The van der Waals surface area contributed by atoms with Gasteiger partial charge in [-0.3, -0.25) is 9.48 Å². The average Bonchev–Trinajstić information content (AvgIpc) is 3.62. The Morgan fingerprint density at radius 1 is 1.05 bits per heavy atom. The second-order valence-corrected chi connectivity index (χ2v) is 10.7. The molecule has 0 spiro atoms. The van der Waals surface area contributed by atoms with Crippen LogP contribution < -0.4 is 16.0 Å². The van der Waals surface area contributed by atoms with Gasteiger partial charge in [-0.2, -0.15) is 5.10 Å². The van der Waals surface area contributed by atoms with Gasteiger partial charge in [0.2, 0.25) is 11.9 Å². The van der Waals surface area contributed by atoms with Gasteiger partial charge < -0.3 is 21.1 Å². The summed E-state index contributed by atoms with van der Waals surface area (Å²) in [6.45, 7) is 0.464. The fourth-order valence-corrected chi connectivity index (χ4v) is 5.14. The summed E-state index contributed by atoms with van der Waals surface area (Å²) >= 11 is 6.50. The second-order valence-electron chi connectivity index (χ2n) is 10.3. The van der Waals surface area contributed by atoms with Gasteiger partial charge in [-0.1, -0.05) is 24.4 Å². The number of aryl methyl sites for hydroxylation is 1. The summed E-state index contributed by atoms with van der Waals surface area (Å²) in [6.07, 6.45) is 13.7. The third kappa shape index (κ3) is 8.31. The average molecular weight is 532 g/mol. The highest BCUT2D eigenvalue weighted by Crippen LogP contribution is 2.37. The molecule has 4 rings (SSSR count). The number of carboxylic acid groups (broad SMARTS) is 1. The fraction of sp³-hybridized carbons (Fsp3) is 0.654. The van der Waals surface area contributed by atoms with Crippen molar-refractivity contribution in [3.63, 3.8) is 0 Å². The van der Waals surface area contributed by atoms with E-state index < -0.39 is 6.09 Å². The second kappa shape index (κ2) is 13.1. The molecule has 2 fully saturated rings. The Labute approximate surface area is 223 Å². The molecular formula is C26H38ClN7O3. The quantitative estimate of drug-likeness (QED) is 0.279. The van der Waals surface area contributed by atoms with Gasteiger partial charge in [0.25, 0.3) is 0 Å². The first-order chi connectivity index (χ1) is 17.9. The van der Waals surface area contributed by atoms with E-state index in [9.17, 15) is 9.59 Å². The number of rotatable bonds is 13. The first-order valence-corrected chi connectivity index (χ1v) is 13.8. The van der Waals surface area contributed by atoms with E-state index in [1.165, 1.54) is 18.5 Å². The van der Waals surface area contributed by atoms with Crippen LogP contribution in [0.5, 0.6) is 0 Å². The van der Waals surface area contributed by atoms with Crippen molar-refractivity contribution in [2.24, 2.45) is 13.0 Å². The Bertz CT molecular complexity index is 1060. The predicted molar refractivity (Wildman–Crippen MR) is 143 cm³/mol. The molecular weight excluding hydrogens is 494 g/mol. The van der Waals surface area contributed by atoms with Gasteiger partial charge >= 0.3 is 6.09 Å². The van der Waals surface area contributed by atoms with Gasteiger partial charge in [-0.25, -0.2) is 14.8 Å². The molecule has 2 aromatic heterocycles. The fourth-order valence-electron chi connectivity index (χ4n) is 4.95. The summed E-state index contributed by atoms with van der Waals surface area (Å²) in [5.41, 5.74) is 2.87. The van der Waals surface area contributed by atoms with Crippen molar-refractivity contribution in [3.8, 4) is 11.3 Å². The third-order valence-corrected chi connectivity index (χ3v) is 7.55. The molecule has 0 bridgehead atoms. The number of aromatic nitrogens is 4. The lowest BCUT2D eigenvalue weighted by Gasteiger charge is -2.29. The Morgan fingerprint density at radius 3 is 2.51 bits per heavy atom. The van der Waals surface area contributed by atoms with Crippen molar-refractivity contribution in [2.75, 3.05) is 11.9 Å². The van der Waals surface area contributed by atoms with Crippen molar-refractivity contribution in [1.29, 1.82) is 0 Å². The summed E-state index contributed by atoms with van der Waals surface area (Å²) in [4.78, 5) is 31.9. The van der Waals surface area contributed by atoms with E-state index in [4.69, 9.17) is 21.7 Å². The van der Waals surface area contributed by atoms with E-state index in [-0.39, 0.29) is 18.0 Å². The number of nitrogens with one attached hydrogen (secondary N) is 3. The number of hydrogen-bond acceptors (Lipinski definition) is 6. The molecule has 2 amide bonds. The number of halogens is 1. The number of hydrogen-bond donors (Lipinski definition) is 4. The molecule has 0 atom stereocenters. The third-order valence-electron chi connectivity index (χ3n) is 7.27. The van der Waals surface area contributed by atoms with Crippen LogP contribution in [0.1, 0.15) is 76.3 Å². The molecule has 0 aromatic carbocycles. The van der Waals surface area contributed by atoms with Crippen molar-refractivity contribution >= 4 is 29.5 Å². The normalized spacial score (nSPS) is 19.4. The number of carbonyl (C=O) groups excluding carboxylic acids is 1. The lowest BCUT2D eigenvalue weighted by molar-refractivity contribution is -0.122. The summed E-state index contributed by atoms with van der Waals surface area (Å²) in [5.74, 6) is 1.41. The van der Waals surface area contributed by atoms with Crippen molar-refractivity contribution in [2.45, 2.75) is 89.1 Å². The molecule has 2 aromatic rings. The Morgan fingerprint density at radius 2 is 1.78 bits per heavy atom. The highest BCUT2D eigenvalue weighted by molar-refractivity contribution is 6.32. The lowest BCUT2D eigenvalue weighted by atomic mass is 9.91. The highest BCUT2D eigenvalue weighted by Gasteiger charge is 2.27. The largest absolute Gasteiger partial charge is 0.465 e. The first kappa shape index (κ1) is 27.2. The summed E-state index contributed by atoms with van der Waals surface area (Å²) in [5, 5.41) is 22.5. The minimum absolute atomic E-state index is 0.101. The predicted octanol–water partition coefficient (Wildman–Crippen LogP) is 4.54. The number of unbranched alkanes of at least 4 members (excludes halogenated alkanes) is 3. The Kier molecular flexibility index (Phi) is 9.60. The number of nitrogens with zero attached hydrogens (tertiary/aromatic N) is 4. The molecule has 37 heavy (non-hydrogen) atoms. The number of anilines is 1. The van der Waals surface area contributed by atoms with Gasteiger partial charge in [0.15, 0.2) is 0 Å². The van der Waals surface area contributed by atoms with Crippen molar-refractivity contribution in [3.05, 3.63) is 23.1 Å². The molecule has 2 aliphatic rings. The van der Waals surface area contributed by atoms with Crippen molar-refractivity contribution in [1.82, 2.24) is 30.4 Å². The van der Waals surface area contributed by atoms with Gasteiger partial charge in [-0.05, 0) is 63.7 Å². The van der Waals surface area contributed by atoms with Crippen LogP contribution in [0.15, 0.2) is 12.4 Å². The van der Waals surface area contributed by atoms with E-state index in [2.05, 4.69) is 26.0 Å². The van der Waals surface area contributed by atoms with E-state index in [0.29, 0.717) is 23.9 Å². The SMILES string of the molecule is Cn1ncc(-c2nc(N[C@H]3CC[C@H](NC(=O)CCCCCCNC(=O)O)CC3)ncc2Cl)c1CC1CC1. The molecule has 2 heterocycles. The number of amides is 2. The summed E-state index contributed by atoms with van der Waals surface area (Å²) in [6, 6.07) is 0.453. The minimum atomic E-state index is -0.989. The smallest absolute Gasteiger partial charge is 0.404 e. The molecule has 0 aliphatic heterocycles. The van der Waals surface area contributed by atoms with Gasteiger partial charge in [0, 0.05) is 43.4 Å². The van der Waals surface area contributed by atoms with Crippen LogP contribution in [0, 0.1) is 5.92 Å². The van der Waals surface area contributed by atoms with Gasteiger partial charge in [0.1, 0.15) is 0 Å². The van der Waals surface area contributed by atoms with Crippen LogP contribution in [0.4, 0.5) is 10.7 Å². The maximum atomic E-state index is 12.3. The molecule has 10 nitrogen and oxygen atoms in total. The van der Waals surface area contributed by atoms with E-state index in [1.54, 1.807) is 6.20 Å². The minimum Gasteiger partial charge on any atom is -0.465 e. The zero-order valence-electron chi connectivity index (χ0n) is 21.5. The highest BCUT2D eigenvalue weighted by atomic mass is 35.5. The zero-order valence-corrected chi connectivity index (χ0v) is 22.3. The maximum absolute atomic E-state index is 12.3. The standard InChI is InChI=1S/C26H38ClN7O3/c1-34-22(14-17-7-8-17)20(15-30-34)24-21(27)16-29-25(33-24)32-19-11-9-18(10-12-19)31-23(35)6-4-2-3-5-13-28-26(36)37/h15-19,28H,2-14H2,1H3,(H,31,35)(H,36,37)(H,29,32,33)/t18-,19-. The molecule has 202 valence electrons. The topological polar surface area (TPSA) is 134 Å². The van der Waals surface area contributed by atoms with Crippen LogP contribution in [-0.2, 0) is 18.3 Å². The molecule has 0 unspecified atom stereocenters. The Hall–Kier alpha value is -2.88. The van der Waals surface area contributed by atoms with E-state index in [1.807, 2.05) is 17.9 Å². The van der Waals surface area contributed by atoms with Crippen LogP contribution in [0.3, 0.4) is 0 Å². The molecule has 0 radical (unpaired) electrons. The summed E-state index contributed by atoms with van der Waals surface area (Å²) < 4.78 is 1.93. The Balaban J connectivity index is 1.20. The molecule has 4 N–H and O–H groups in total. The zero-order chi connectivity index (χ0) is 26.2. The van der Waals surface area contributed by atoms with E-state index in [0.717, 1.165) is 75.0 Å².